The van der Waals surface area contributed by atoms with E-state index < -0.39 is 11.9 Å². The first-order chi connectivity index (χ1) is 29.9. The Kier molecular flexibility index (Phi) is 19.6. The number of thioether (sulfide) groups is 1. The lowest BCUT2D eigenvalue weighted by Gasteiger charge is -2.24. The molecule has 2 heterocycles. The van der Waals surface area contributed by atoms with Gasteiger partial charge in [-0.25, -0.2) is 14.8 Å². The Bertz CT molecular complexity index is 2160. The van der Waals surface area contributed by atoms with Crippen LogP contribution in [0.4, 0.5) is 16.2 Å². The van der Waals surface area contributed by atoms with Gasteiger partial charge in [0.2, 0.25) is 0 Å². The smallest absolute Gasteiger partial charge is 0.352 e. The number of hydrogen-bond donors (Lipinski definition) is 2. The first kappa shape index (κ1) is 46.8. The summed E-state index contributed by atoms with van der Waals surface area (Å²) < 4.78 is 12.0. The van der Waals surface area contributed by atoms with Gasteiger partial charge in [-0.3, -0.25) is 14.5 Å². The second kappa shape index (κ2) is 25.5. The molecule has 0 saturated carbocycles. The largest absolute Gasteiger partial charge is 0.506 e. The molecule has 13 nitrogen and oxygen atoms in total. The Morgan fingerprint density at radius 2 is 1.41 bits per heavy atom. The Morgan fingerprint density at radius 1 is 0.754 bits per heavy atom. The van der Waals surface area contributed by atoms with Crippen molar-refractivity contribution in [3.63, 3.8) is 0 Å². The number of fused-ring (bicyclic) bond motifs is 2. The molecule has 2 N–H and O–H groups in total. The third-order valence-electron chi connectivity index (χ3n) is 10.8. The number of methoxy groups -OCH3 is 1. The summed E-state index contributed by atoms with van der Waals surface area (Å²) in [6.07, 6.45) is 22.1. The van der Waals surface area contributed by atoms with E-state index in [0.29, 0.717) is 51.6 Å². The summed E-state index contributed by atoms with van der Waals surface area (Å²) >= 11 is 1.17. The van der Waals surface area contributed by atoms with E-state index in [1.54, 1.807) is 53.4 Å². The van der Waals surface area contributed by atoms with Crippen LogP contribution in [0.15, 0.2) is 66.0 Å². The molecular weight excluding hydrogens is 791 g/mol. The highest BCUT2D eigenvalue weighted by atomic mass is 32.2. The normalized spacial score (nSPS) is 11.3. The number of amides is 2. The van der Waals surface area contributed by atoms with Crippen LogP contribution < -0.4 is 15.0 Å². The number of aromatic hydroxyl groups is 1. The molecule has 0 fully saturated rings. The van der Waals surface area contributed by atoms with Gasteiger partial charge in [0.1, 0.15) is 22.9 Å². The number of carbonyl (C=O) groups excluding carboxylic acids is 3. The lowest BCUT2D eigenvalue weighted by Crippen LogP contribution is -2.36. The molecule has 0 radical (unpaired) electrons. The Labute approximate surface area is 364 Å². The molecule has 0 aliphatic rings. The third-order valence-corrected chi connectivity index (χ3v) is 11.8. The molecular formula is C47H63N7O6S. The van der Waals surface area contributed by atoms with E-state index in [-0.39, 0.29) is 28.7 Å². The fraction of sp³-hybridized carbons (Fsp3) is 0.511. The number of phenols is 1. The van der Waals surface area contributed by atoms with Crippen LogP contribution in [-0.2, 0) is 9.53 Å². The molecule has 14 heteroatoms. The first-order valence-corrected chi connectivity index (χ1v) is 23.2. The number of anilines is 2. The minimum absolute atomic E-state index is 0.0340. The van der Waals surface area contributed by atoms with Crippen LogP contribution in [0, 0.1) is 0 Å². The molecule has 0 bridgehead atoms. The van der Waals surface area contributed by atoms with Gasteiger partial charge in [-0.15, -0.1) is 9.78 Å². The summed E-state index contributed by atoms with van der Waals surface area (Å²) in [5.41, 5.74) is 1.59. The zero-order valence-corrected chi connectivity index (χ0v) is 37.0. The number of benzene rings is 3. The number of carbonyl (C=O) groups is 3. The molecule has 0 atom stereocenters. The molecule has 61 heavy (non-hydrogen) atoms. The lowest BCUT2D eigenvalue weighted by molar-refractivity contribution is -0.140. The van der Waals surface area contributed by atoms with Gasteiger partial charge < -0.3 is 19.9 Å². The summed E-state index contributed by atoms with van der Waals surface area (Å²) in [4.78, 5) is 51.0. The number of esters is 1. The van der Waals surface area contributed by atoms with Crippen LogP contribution in [0.3, 0.4) is 0 Å². The maximum absolute atomic E-state index is 14.6. The topological polar surface area (TPSA) is 162 Å². The molecule has 0 unspecified atom stereocenters. The number of phenolic OH excluding ortho intramolecular Hbond substituents is 1. The fourth-order valence-corrected chi connectivity index (χ4v) is 8.15. The quantitative estimate of drug-likeness (QED) is 0.0224. The van der Waals surface area contributed by atoms with Crippen LogP contribution >= 0.6 is 11.8 Å². The van der Waals surface area contributed by atoms with Gasteiger partial charge in [0.25, 0.3) is 5.91 Å². The summed E-state index contributed by atoms with van der Waals surface area (Å²) in [6.45, 7) is 5.18. The van der Waals surface area contributed by atoms with E-state index in [0.717, 1.165) is 49.6 Å². The van der Waals surface area contributed by atoms with Crippen molar-refractivity contribution in [2.75, 3.05) is 36.2 Å². The fourth-order valence-electron chi connectivity index (χ4n) is 7.43. The van der Waals surface area contributed by atoms with Crippen LogP contribution in [0.2, 0.25) is 0 Å². The molecule has 0 aliphatic heterocycles. The minimum Gasteiger partial charge on any atom is -0.506 e. The van der Waals surface area contributed by atoms with Gasteiger partial charge in [0.15, 0.2) is 11.2 Å². The summed E-state index contributed by atoms with van der Waals surface area (Å²) in [5, 5.41) is 24.3. The monoisotopic (exact) mass is 853 g/mol. The number of nitrogens with zero attached hydrogens (tertiary/aromatic N) is 6. The predicted octanol–water partition coefficient (Wildman–Crippen LogP) is 11.5. The van der Waals surface area contributed by atoms with Gasteiger partial charge in [0.05, 0.1) is 36.4 Å². The van der Waals surface area contributed by atoms with E-state index in [1.807, 2.05) is 6.07 Å². The number of aromatic nitrogens is 5. The number of rotatable bonds is 27. The maximum Gasteiger partial charge on any atom is 0.352 e. The molecule has 0 spiro atoms. The highest BCUT2D eigenvalue weighted by molar-refractivity contribution is 8.00. The molecule has 2 amide bonds. The number of hydrogen-bond acceptors (Lipinski definition) is 11. The zero-order chi connectivity index (χ0) is 43.2. The van der Waals surface area contributed by atoms with Crippen molar-refractivity contribution >= 4 is 63.0 Å². The van der Waals surface area contributed by atoms with Crippen LogP contribution in [0.5, 0.6) is 11.5 Å². The maximum atomic E-state index is 14.6. The summed E-state index contributed by atoms with van der Waals surface area (Å²) in [7, 11) is 1.52. The van der Waals surface area contributed by atoms with Crippen LogP contribution in [-0.4, -0.2) is 74.0 Å². The highest BCUT2D eigenvalue weighted by Crippen LogP contribution is 2.36. The number of ether oxygens (including phenoxy) is 2. The Morgan fingerprint density at radius 3 is 2.10 bits per heavy atom. The van der Waals surface area contributed by atoms with Crippen molar-refractivity contribution in [1.29, 1.82) is 0 Å². The van der Waals surface area contributed by atoms with E-state index >= 15 is 0 Å². The lowest BCUT2D eigenvalue weighted by atomic mass is 10.0. The Balaban J connectivity index is 1.32. The minimum atomic E-state index is -0.507. The molecule has 0 aliphatic carbocycles. The number of unbranched alkanes of at least 4 members (excludes halogenated alkanes) is 16. The van der Waals surface area contributed by atoms with Crippen molar-refractivity contribution in [3.8, 4) is 11.5 Å². The van der Waals surface area contributed by atoms with E-state index in [2.05, 4.69) is 39.4 Å². The first-order valence-electron chi connectivity index (χ1n) is 22.2. The van der Waals surface area contributed by atoms with Crippen molar-refractivity contribution < 1.29 is 29.0 Å². The Hall–Kier alpha value is -5.24. The van der Waals surface area contributed by atoms with E-state index in [1.165, 1.54) is 95.8 Å². The van der Waals surface area contributed by atoms with Gasteiger partial charge in [-0.1, -0.05) is 164 Å². The molecule has 5 aromatic rings. The van der Waals surface area contributed by atoms with Crippen LogP contribution in [0.1, 0.15) is 140 Å². The SMILES string of the molecule is CCCCCCCCCCCCCCN(C(=O)n1nnc2c(SCC(=O)OCCCCCCCC)ncnc21)c1cccc2c(O)c(C(=O)Nc3ccccc3OC)ccc12. The number of nitrogens with one attached hydrogen (secondary N) is 1. The molecule has 5 rings (SSSR count). The summed E-state index contributed by atoms with van der Waals surface area (Å²) in [6, 6.07) is 15.2. The van der Waals surface area contributed by atoms with Gasteiger partial charge >= 0.3 is 12.0 Å². The zero-order valence-electron chi connectivity index (χ0n) is 36.2. The second-order valence-corrected chi connectivity index (χ2v) is 16.4. The average molecular weight is 854 g/mol. The van der Waals surface area contributed by atoms with Gasteiger partial charge in [0, 0.05) is 17.3 Å². The van der Waals surface area contributed by atoms with Crippen molar-refractivity contribution in [2.45, 2.75) is 134 Å². The molecule has 3 aromatic carbocycles. The third kappa shape index (κ3) is 13.6. The van der Waals surface area contributed by atoms with Crippen LogP contribution in [0.25, 0.3) is 21.9 Å². The van der Waals surface area contributed by atoms with Gasteiger partial charge in [-0.05, 0) is 37.1 Å². The van der Waals surface area contributed by atoms with Crippen molar-refractivity contribution in [1.82, 2.24) is 25.0 Å². The second-order valence-electron chi connectivity index (χ2n) is 15.4. The molecule has 0 saturated heterocycles. The van der Waals surface area contributed by atoms with E-state index in [4.69, 9.17) is 9.47 Å². The van der Waals surface area contributed by atoms with Gasteiger partial charge in [-0.2, -0.15) is 0 Å². The summed E-state index contributed by atoms with van der Waals surface area (Å²) in [5.74, 6) is -0.542. The standard InChI is InChI=1S/C47H63N7O6S/c1-4-6-8-10-12-13-14-15-16-17-18-22-31-53(39-27-24-25-36-35(39)29-30-37(43(36)56)45(57)50-38-26-20-21-28-40(38)59-3)47(58)54-44-42(51-52-54)46(49-34-48-44)61-33-41(55)60-32-23-19-11-9-7-5-2/h20-21,24-30,34,56H,4-19,22-23,31-33H2,1-3H3,(H,50,57). The van der Waals surface area contributed by atoms with E-state index in [9.17, 15) is 19.5 Å². The van der Waals surface area contributed by atoms with Crippen molar-refractivity contribution in [3.05, 3.63) is 66.5 Å². The predicted molar refractivity (Wildman–Crippen MR) is 244 cm³/mol. The number of para-hydroxylation sites is 2. The molecule has 328 valence electrons. The molecule has 2 aromatic heterocycles. The highest BCUT2D eigenvalue weighted by Gasteiger charge is 2.26. The average Bonchev–Trinajstić information content (AvgIpc) is 3.72. The van der Waals surface area contributed by atoms with Crippen molar-refractivity contribution in [2.24, 2.45) is 0 Å².